The smallest absolute Gasteiger partial charge is 0.0691 e. The van der Waals surface area contributed by atoms with Gasteiger partial charge in [-0.1, -0.05) is 6.92 Å². The molecule has 1 rings (SSSR count). The molecule has 0 aromatic carbocycles. The van der Waals surface area contributed by atoms with Crippen LogP contribution in [-0.2, 0) is 15.5 Å². The first-order chi connectivity index (χ1) is 4.75. The molecule has 0 N–H and O–H groups in total. The maximum atomic E-state index is 11.3. The Labute approximate surface area is 64.4 Å². The Morgan fingerprint density at radius 2 is 2.40 bits per heavy atom. The SMILES string of the molecule is CCS(=O)C1CCOC1C. The largest absolute Gasteiger partial charge is 0.377 e. The zero-order valence-electron chi connectivity index (χ0n) is 6.50. The Kier molecular flexibility index (Phi) is 2.86. The van der Waals surface area contributed by atoms with Gasteiger partial charge in [0.1, 0.15) is 0 Å². The van der Waals surface area contributed by atoms with Crippen molar-refractivity contribution in [1.82, 2.24) is 0 Å². The standard InChI is InChI=1S/C7H14O2S/c1-3-10(8)7-4-5-9-6(7)2/h6-7H,3-5H2,1-2H3. The fraction of sp³-hybridized carbons (Fsp3) is 1.00. The van der Waals surface area contributed by atoms with E-state index in [4.69, 9.17) is 4.74 Å². The van der Waals surface area contributed by atoms with Crippen molar-refractivity contribution in [2.45, 2.75) is 31.6 Å². The van der Waals surface area contributed by atoms with Crippen LogP contribution in [0.3, 0.4) is 0 Å². The summed E-state index contributed by atoms with van der Waals surface area (Å²) in [5.74, 6) is 0.762. The van der Waals surface area contributed by atoms with Crippen molar-refractivity contribution < 1.29 is 8.95 Å². The Bertz CT molecular complexity index is 136. The maximum Gasteiger partial charge on any atom is 0.0691 e. The van der Waals surface area contributed by atoms with Crippen LogP contribution < -0.4 is 0 Å². The first-order valence-corrected chi connectivity index (χ1v) is 5.12. The van der Waals surface area contributed by atoms with Crippen LogP contribution in [0.5, 0.6) is 0 Å². The topological polar surface area (TPSA) is 26.3 Å². The monoisotopic (exact) mass is 162 g/mol. The first-order valence-electron chi connectivity index (χ1n) is 3.74. The van der Waals surface area contributed by atoms with Crippen LogP contribution in [0.1, 0.15) is 20.3 Å². The summed E-state index contributed by atoms with van der Waals surface area (Å²) >= 11 is 0. The molecule has 10 heavy (non-hydrogen) atoms. The van der Waals surface area contributed by atoms with E-state index >= 15 is 0 Å². The normalized spacial score (nSPS) is 36.2. The number of hydrogen-bond donors (Lipinski definition) is 0. The second kappa shape index (κ2) is 3.49. The molecule has 0 amide bonds. The molecule has 0 saturated carbocycles. The second-order valence-corrected chi connectivity index (χ2v) is 4.52. The van der Waals surface area contributed by atoms with Crippen LogP contribution in [0.25, 0.3) is 0 Å². The third kappa shape index (κ3) is 1.58. The molecule has 0 spiro atoms. The van der Waals surface area contributed by atoms with E-state index in [-0.39, 0.29) is 6.10 Å². The molecule has 0 aliphatic carbocycles. The van der Waals surface area contributed by atoms with E-state index in [0.29, 0.717) is 5.25 Å². The molecule has 0 aromatic heterocycles. The highest BCUT2D eigenvalue weighted by Crippen LogP contribution is 2.18. The summed E-state index contributed by atoms with van der Waals surface area (Å²) in [4.78, 5) is 0. The molecule has 3 heteroatoms. The minimum Gasteiger partial charge on any atom is -0.377 e. The van der Waals surface area contributed by atoms with E-state index in [9.17, 15) is 4.21 Å². The third-order valence-electron chi connectivity index (χ3n) is 1.93. The first kappa shape index (κ1) is 8.21. The van der Waals surface area contributed by atoms with E-state index in [2.05, 4.69) is 0 Å². The molecule has 2 nitrogen and oxygen atoms in total. The summed E-state index contributed by atoms with van der Waals surface area (Å²) in [5, 5.41) is 0.296. The Balaban J connectivity index is 2.46. The van der Waals surface area contributed by atoms with Crippen molar-refractivity contribution in [1.29, 1.82) is 0 Å². The Morgan fingerprint density at radius 3 is 2.80 bits per heavy atom. The molecule has 0 aromatic rings. The summed E-state index contributed by atoms with van der Waals surface area (Å²) < 4.78 is 16.6. The lowest BCUT2D eigenvalue weighted by atomic mass is 10.3. The van der Waals surface area contributed by atoms with E-state index in [1.165, 1.54) is 0 Å². The predicted octanol–water partition coefficient (Wildman–Crippen LogP) is 0.932. The van der Waals surface area contributed by atoms with Gasteiger partial charge in [0.25, 0.3) is 0 Å². The van der Waals surface area contributed by atoms with Gasteiger partial charge < -0.3 is 4.74 Å². The number of rotatable bonds is 2. The quantitative estimate of drug-likeness (QED) is 0.604. The van der Waals surface area contributed by atoms with Gasteiger partial charge >= 0.3 is 0 Å². The van der Waals surface area contributed by atoms with Gasteiger partial charge in [0, 0.05) is 23.2 Å². The van der Waals surface area contributed by atoms with E-state index in [1.54, 1.807) is 0 Å². The molecule has 1 aliphatic rings. The summed E-state index contributed by atoms with van der Waals surface area (Å²) in [5.41, 5.74) is 0. The Hall–Kier alpha value is 0.110. The van der Waals surface area contributed by atoms with E-state index < -0.39 is 10.8 Å². The zero-order chi connectivity index (χ0) is 7.56. The summed E-state index contributed by atoms with van der Waals surface area (Å²) in [6, 6.07) is 0. The minimum atomic E-state index is -0.657. The van der Waals surface area contributed by atoms with Crippen molar-refractivity contribution >= 4 is 10.8 Å². The fourth-order valence-corrected chi connectivity index (χ4v) is 2.56. The molecule has 3 unspecified atom stereocenters. The van der Waals surface area contributed by atoms with Gasteiger partial charge in [0.2, 0.25) is 0 Å². The van der Waals surface area contributed by atoms with Crippen molar-refractivity contribution in [2.75, 3.05) is 12.4 Å². The highest BCUT2D eigenvalue weighted by Gasteiger charge is 2.28. The van der Waals surface area contributed by atoms with Gasteiger partial charge in [-0.15, -0.1) is 0 Å². The van der Waals surface area contributed by atoms with Crippen molar-refractivity contribution in [3.63, 3.8) is 0 Å². The summed E-state index contributed by atoms with van der Waals surface area (Å²) in [6.07, 6.45) is 1.18. The van der Waals surface area contributed by atoms with Crippen LogP contribution in [-0.4, -0.2) is 27.9 Å². The van der Waals surface area contributed by atoms with Crippen LogP contribution in [0, 0.1) is 0 Å². The fourth-order valence-electron chi connectivity index (χ4n) is 1.27. The van der Waals surface area contributed by atoms with Crippen LogP contribution in [0.2, 0.25) is 0 Å². The van der Waals surface area contributed by atoms with Gasteiger partial charge in [-0.2, -0.15) is 0 Å². The van der Waals surface area contributed by atoms with Crippen molar-refractivity contribution in [3.05, 3.63) is 0 Å². The second-order valence-electron chi connectivity index (χ2n) is 2.57. The molecule has 0 bridgehead atoms. The summed E-state index contributed by atoms with van der Waals surface area (Å²) in [7, 11) is -0.657. The molecular formula is C7H14O2S. The lowest BCUT2D eigenvalue weighted by molar-refractivity contribution is 0.127. The zero-order valence-corrected chi connectivity index (χ0v) is 7.32. The Morgan fingerprint density at radius 1 is 1.70 bits per heavy atom. The molecule has 3 atom stereocenters. The van der Waals surface area contributed by atoms with E-state index in [1.807, 2.05) is 13.8 Å². The number of ether oxygens (including phenoxy) is 1. The molecule has 1 saturated heterocycles. The third-order valence-corrected chi connectivity index (χ3v) is 3.79. The van der Waals surface area contributed by atoms with Gasteiger partial charge in [0.05, 0.1) is 11.4 Å². The van der Waals surface area contributed by atoms with Gasteiger partial charge in [-0.05, 0) is 13.3 Å². The average molecular weight is 162 g/mol. The molecular weight excluding hydrogens is 148 g/mol. The molecule has 1 fully saturated rings. The number of hydrogen-bond acceptors (Lipinski definition) is 2. The van der Waals surface area contributed by atoms with Gasteiger partial charge in [-0.25, -0.2) is 0 Å². The van der Waals surface area contributed by atoms with Crippen LogP contribution in [0.15, 0.2) is 0 Å². The highest BCUT2D eigenvalue weighted by atomic mass is 32.2. The highest BCUT2D eigenvalue weighted by molar-refractivity contribution is 7.85. The lowest BCUT2D eigenvalue weighted by Crippen LogP contribution is -2.23. The van der Waals surface area contributed by atoms with Gasteiger partial charge in [-0.3, -0.25) is 4.21 Å². The van der Waals surface area contributed by atoms with Crippen LogP contribution in [0.4, 0.5) is 0 Å². The predicted molar refractivity (Wildman–Crippen MR) is 42.5 cm³/mol. The van der Waals surface area contributed by atoms with Crippen molar-refractivity contribution in [2.24, 2.45) is 0 Å². The minimum absolute atomic E-state index is 0.209. The van der Waals surface area contributed by atoms with Gasteiger partial charge in [0.15, 0.2) is 0 Å². The average Bonchev–Trinajstić information content (AvgIpc) is 2.34. The van der Waals surface area contributed by atoms with E-state index in [0.717, 1.165) is 18.8 Å². The van der Waals surface area contributed by atoms with Crippen LogP contribution >= 0.6 is 0 Å². The summed E-state index contributed by atoms with van der Waals surface area (Å²) in [6.45, 7) is 4.75. The molecule has 1 heterocycles. The lowest BCUT2D eigenvalue weighted by Gasteiger charge is -2.11. The van der Waals surface area contributed by atoms with Crippen molar-refractivity contribution in [3.8, 4) is 0 Å². The molecule has 1 aliphatic heterocycles. The maximum absolute atomic E-state index is 11.3. The molecule has 60 valence electrons. The molecule has 0 radical (unpaired) electrons.